The van der Waals surface area contributed by atoms with Crippen LogP contribution in [-0.2, 0) is 23.0 Å². The number of carbonyl (C=O) groups excluding carboxylic acids is 1. The molecule has 242 valence electrons. The van der Waals surface area contributed by atoms with Gasteiger partial charge in [-0.1, -0.05) is 0 Å². The number of anilines is 1. The minimum atomic E-state index is -1.34. The highest BCUT2D eigenvalue weighted by molar-refractivity contribution is 6.01. The second-order valence-electron chi connectivity index (χ2n) is 13.0. The molecule has 0 unspecified atom stereocenters. The zero-order valence-corrected chi connectivity index (χ0v) is 27.2. The first-order valence-electron chi connectivity index (χ1n) is 15.7. The Labute approximate surface area is 267 Å². The number of ether oxygens (including phenoxy) is 2. The lowest BCUT2D eigenvalue weighted by Gasteiger charge is -2.36. The third-order valence-corrected chi connectivity index (χ3v) is 8.84. The molecule has 46 heavy (non-hydrogen) atoms. The third kappa shape index (κ3) is 5.68. The van der Waals surface area contributed by atoms with Crippen LogP contribution in [0, 0.1) is 19.7 Å². The molecule has 1 saturated heterocycles. The van der Waals surface area contributed by atoms with Gasteiger partial charge in [-0.25, -0.2) is 14.2 Å². The van der Waals surface area contributed by atoms with E-state index in [9.17, 15) is 14.7 Å². The standard InChI is InChI=1S/C35H40FN5O5/c1-20-23-10-8-16-45-30(23)26(36)17-24(20)29-25-18-27(40-12-14-41(15-13-40)33(42)22-9-7-11-37-19-22)39(6)32(25)38-21(2)28(29)31(34(43)44)46-35(3,4)5/h7,9,11,17-19,31H,8,10,12-16H2,1-6H3,(H,43,44)/t31-/m0/s1. The second-order valence-corrected chi connectivity index (χ2v) is 13.0. The molecule has 0 radical (unpaired) electrons. The first kappa shape index (κ1) is 31.5. The fraction of sp³-hybridized carbons (Fsp3) is 0.429. The van der Waals surface area contributed by atoms with Crippen LogP contribution in [0.25, 0.3) is 22.2 Å². The van der Waals surface area contributed by atoms with Crippen molar-refractivity contribution < 1.29 is 28.6 Å². The summed E-state index contributed by atoms with van der Waals surface area (Å²) in [6.07, 6.45) is 3.32. The highest BCUT2D eigenvalue weighted by Gasteiger charge is 2.35. The maximum Gasteiger partial charge on any atom is 0.337 e. The molecule has 0 aliphatic carbocycles. The summed E-state index contributed by atoms with van der Waals surface area (Å²) in [5.41, 5.74) is 4.15. The Kier molecular flexibility index (Phi) is 8.22. The van der Waals surface area contributed by atoms with E-state index in [1.54, 1.807) is 31.5 Å². The van der Waals surface area contributed by atoms with Gasteiger partial charge < -0.3 is 28.9 Å². The van der Waals surface area contributed by atoms with Crippen LogP contribution >= 0.6 is 0 Å². The molecule has 0 spiro atoms. The normalized spacial score (nSPS) is 15.9. The number of halogens is 1. The van der Waals surface area contributed by atoms with Crippen LogP contribution in [0.5, 0.6) is 5.75 Å². The van der Waals surface area contributed by atoms with Crippen LogP contribution in [-0.4, -0.2) is 74.8 Å². The lowest BCUT2D eigenvalue weighted by atomic mass is 9.86. The number of carboxylic acids is 1. The van der Waals surface area contributed by atoms with E-state index in [4.69, 9.17) is 14.5 Å². The van der Waals surface area contributed by atoms with Gasteiger partial charge in [0, 0.05) is 73.4 Å². The predicted octanol–water partition coefficient (Wildman–Crippen LogP) is 5.62. The molecule has 0 bridgehead atoms. The van der Waals surface area contributed by atoms with Crippen LogP contribution < -0.4 is 9.64 Å². The molecule has 3 aromatic heterocycles. The van der Waals surface area contributed by atoms with Crippen molar-refractivity contribution in [2.75, 3.05) is 37.7 Å². The maximum atomic E-state index is 15.7. The Morgan fingerprint density at radius 2 is 1.87 bits per heavy atom. The lowest BCUT2D eigenvalue weighted by molar-refractivity contribution is -0.160. The van der Waals surface area contributed by atoms with Crippen LogP contribution in [0.1, 0.15) is 66.0 Å². The first-order chi connectivity index (χ1) is 21.9. The third-order valence-electron chi connectivity index (χ3n) is 8.84. The van der Waals surface area contributed by atoms with E-state index in [1.165, 1.54) is 6.07 Å². The summed E-state index contributed by atoms with van der Waals surface area (Å²) >= 11 is 0. The number of carbonyl (C=O) groups is 2. The molecule has 1 amide bonds. The zero-order chi connectivity index (χ0) is 32.9. The number of fused-ring (bicyclic) bond motifs is 2. The van der Waals surface area contributed by atoms with E-state index < -0.39 is 23.5 Å². The number of piperazine rings is 1. The van der Waals surface area contributed by atoms with Crippen molar-refractivity contribution in [3.05, 3.63) is 70.4 Å². The van der Waals surface area contributed by atoms with Crippen molar-refractivity contribution in [3.63, 3.8) is 0 Å². The number of rotatable bonds is 6. The molecule has 1 N–H and O–H groups in total. The number of aromatic nitrogens is 3. The van der Waals surface area contributed by atoms with Gasteiger partial charge in [-0.05, 0) is 82.9 Å². The quantitative estimate of drug-likeness (QED) is 0.293. The average Bonchev–Trinajstić information content (AvgIpc) is 3.36. The molecule has 6 rings (SSSR count). The number of hydrogen-bond acceptors (Lipinski definition) is 7. The minimum absolute atomic E-state index is 0.0542. The Balaban J connectivity index is 1.49. The predicted molar refractivity (Wildman–Crippen MR) is 173 cm³/mol. The molecule has 2 aliphatic rings. The number of nitrogens with zero attached hydrogens (tertiary/aromatic N) is 5. The molecule has 2 aliphatic heterocycles. The summed E-state index contributed by atoms with van der Waals surface area (Å²) in [5, 5.41) is 11.2. The van der Waals surface area contributed by atoms with Crippen molar-refractivity contribution in [1.29, 1.82) is 0 Å². The van der Waals surface area contributed by atoms with Crippen LogP contribution in [0.4, 0.5) is 10.2 Å². The molecule has 10 nitrogen and oxygen atoms in total. The van der Waals surface area contributed by atoms with Crippen LogP contribution in [0.15, 0.2) is 36.7 Å². The monoisotopic (exact) mass is 629 g/mol. The summed E-state index contributed by atoms with van der Waals surface area (Å²) in [6, 6.07) is 6.99. The fourth-order valence-electron chi connectivity index (χ4n) is 6.67. The molecule has 1 atom stereocenters. The fourth-order valence-corrected chi connectivity index (χ4v) is 6.67. The zero-order valence-electron chi connectivity index (χ0n) is 27.2. The number of pyridine rings is 2. The van der Waals surface area contributed by atoms with E-state index in [0.29, 0.717) is 78.2 Å². The van der Waals surface area contributed by atoms with E-state index in [2.05, 4.69) is 9.88 Å². The summed E-state index contributed by atoms with van der Waals surface area (Å²) in [4.78, 5) is 38.9. The highest BCUT2D eigenvalue weighted by Crippen LogP contribution is 2.45. The van der Waals surface area contributed by atoms with Gasteiger partial charge in [-0.3, -0.25) is 9.78 Å². The number of amides is 1. The van der Waals surface area contributed by atoms with Crippen molar-refractivity contribution in [1.82, 2.24) is 19.4 Å². The van der Waals surface area contributed by atoms with Gasteiger partial charge in [0.1, 0.15) is 11.5 Å². The van der Waals surface area contributed by atoms with Crippen molar-refractivity contribution >= 4 is 28.7 Å². The van der Waals surface area contributed by atoms with Crippen molar-refractivity contribution in [2.45, 2.75) is 59.2 Å². The van der Waals surface area contributed by atoms with Crippen molar-refractivity contribution in [2.24, 2.45) is 7.05 Å². The summed E-state index contributed by atoms with van der Waals surface area (Å²) in [7, 11) is 1.93. The minimum Gasteiger partial charge on any atom is -0.490 e. The summed E-state index contributed by atoms with van der Waals surface area (Å²) in [5.74, 6) is -0.536. The topological polar surface area (TPSA) is 110 Å². The van der Waals surface area contributed by atoms with Gasteiger partial charge in [0.2, 0.25) is 0 Å². The van der Waals surface area contributed by atoms with Gasteiger partial charge in [0.15, 0.2) is 17.7 Å². The van der Waals surface area contributed by atoms with E-state index in [1.807, 2.05) is 50.3 Å². The van der Waals surface area contributed by atoms with Gasteiger partial charge in [0.25, 0.3) is 5.91 Å². The Bertz CT molecular complexity index is 1820. The number of aryl methyl sites for hydroxylation is 2. The Morgan fingerprint density at radius 1 is 1.13 bits per heavy atom. The maximum absolute atomic E-state index is 15.7. The smallest absolute Gasteiger partial charge is 0.337 e. The molecule has 5 heterocycles. The number of carboxylic acid groups (broad SMARTS) is 1. The average molecular weight is 630 g/mol. The summed E-state index contributed by atoms with van der Waals surface area (Å²) in [6.45, 7) is 11.8. The molecule has 4 aromatic rings. The van der Waals surface area contributed by atoms with Gasteiger partial charge >= 0.3 is 5.97 Å². The number of aliphatic carboxylic acids is 1. The highest BCUT2D eigenvalue weighted by atomic mass is 19.1. The largest absolute Gasteiger partial charge is 0.490 e. The molecular weight excluding hydrogens is 589 g/mol. The van der Waals surface area contributed by atoms with E-state index in [-0.39, 0.29) is 11.7 Å². The SMILES string of the molecule is Cc1nc2c(cc(N3CCN(C(=O)c4cccnc4)CC3)n2C)c(-c2cc(F)c3c(c2C)CCCO3)c1[C@H](OC(C)(C)C)C(=O)O. The molecule has 1 fully saturated rings. The Morgan fingerprint density at radius 3 is 2.52 bits per heavy atom. The summed E-state index contributed by atoms with van der Waals surface area (Å²) < 4.78 is 29.6. The lowest BCUT2D eigenvalue weighted by Crippen LogP contribution is -2.49. The van der Waals surface area contributed by atoms with Crippen LogP contribution in [0.3, 0.4) is 0 Å². The molecular formula is C35H40FN5O5. The molecule has 11 heteroatoms. The number of benzene rings is 1. The Hall–Kier alpha value is -4.51. The molecule has 0 saturated carbocycles. The van der Waals surface area contributed by atoms with Crippen molar-refractivity contribution in [3.8, 4) is 16.9 Å². The van der Waals surface area contributed by atoms with E-state index >= 15 is 4.39 Å². The van der Waals surface area contributed by atoms with Gasteiger partial charge in [-0.15, -0.1) is 0 Å². The second kappa shape index (κ2) is 12.0. The van der Waals surface area contributed by atoms with Gasteiger partial charge in [-0.2, -0.15) is 0 Å². The first-order valence-corrected chi connectivity index (χ1v) is 15.7. The van der Waals surface area contributed by atoms with Crippen LogP contribution in [0.2, 0.25) is 0 Å². The van der Waals surface area contributed by atoms with E-state index in [0.717, 1.165) is 23.4 Å². The molecule has 1 aromatic carbocycles. The van der Waals surface area contributed by atoms with Gasteiger partial charge in [0.05, 0.1) is 17.8 Å². The number of hydrogen-bond donors (Lipinski definition) is 1.